The van der Waals surface area contributed by atoms with Crippen LogP contribution in [0.2, 0.25) is 0 Å². The van der Waals surface area contributed by atoms with Crippen molar-refractivity contribution in [1.29, 1.82) is 0 Å². The van der Waals surface area contributed by atoms with Gasteiger partial charge in [0.05, 0.1) is 0 Å². The normalized spacial score (nSPS) is 12.3. The first kappa shape index (κ1) is 12.2. The Labute approximate surface area is 104 Å². The van der Waals surface area contributed by atoms with Crippen molar-refractivity contribution < 1.29 is 4.79 Å². The number of benzene rings is 1. The van der Waals surface area contributed by atoms with Crippen molar-refractivity contribution >= 4 is 5.91 Å². The van der Waals surface area contributed by atoms with Gasteiger partial charge in [-0.05, 0) is 12.5 Å². The molecule has 0 saturated heterocycles. The number of aromatic amines is 2. The molecule has 0 bridgehead atoms. The summed E-state index contributed by atoms with van der Waals surface area (Å²) in [5.41, 5.74) is 7.28. The maximum absolute atomic E-state index is 11.8. The predicted molar refractivity (Wildman–Crippen MR) is 68.2 cm³/mol. The van der Waals surface area contributed by atoms with Crippen LogP contribution in [0.4, 0.5) is 0 Å². The second-order valence-corrected chi connectivity index (χ2v) is 4.25. The monoisotopic (exact) mass is 245 g/mol. The van der Waals surface area contributed by atoms with Gasteiger partial charge in [0.25, 0.3) is 5.56 Å². The van der Waals surface area contributed by atoms with E-state index in [-0.39, 0.29) is 17.9 Å². The topological polar surface area (TPSA) is 91.7 Å². The molecule has 0 saturated carbocycles. The Morgan fingerprint density at radius 3 is 2.44 bits per heavy atom. The SMILES string of the molecule is Cc1[nH][nH]c(=O)c1C(CC(N)=O)c1ccccc1. The molecule has 1 aromatic carbocycles. The van der Waals surface area contributed by atoms with Crippen LogP contribution < -0.4 is 11.3 Å². The van der Waals surface area contributed by atoms with Crippen LogP contribution in [0.25, 0.3) is 0 Å². The quantitative estimate of drug-likeness (QED) is 0.750. The van der Waals surface area contributed by atoms with E-state index in [1.54, 1.807) is 6.92 Å². The summed E-state index contributed by atoms with van der Waals surface area (Å²) in [5, 5.41) is 5.30. The van der Waals surface area contributed by atoms with Crippen molar-refractivity contribution in [3.05, 3.63) is 57.5 Å². The van der Waals surface area contributed by atoms with Crippen LogP contribution in [0.15, 0.2) is 35.1 Å². The van der Waals surface area contributed by atoms with E-state index in [1.807, 2.05) is 30.3 Å². The standard InChI is InChI=1S/C13H15N3O2/c1-8-12(13(18)16-15-8)10(7-11(14)17)9-5-3-2-4-6-9/h2-6,10H,7H2,1H3,(H2,14,17)(H2,15,16,18). The van der Waals surface area contributed by atoms with Gasteiger partial charge in [-0.15, -0.1) is 0 Å². The number of primary amides is 1. The van der Waals surface area contributed by atoms with Gasteiger partial charge in [-0.3, -0.25) is 14.7 Å². The largest absolute Gasteiger partial charge is 0.370 e. The van der Waals surface area contributed by atoms with Crippen molar-refractivity contribution in [3.8, 4) is 0 Å². The van der Waals surface area contributed by atoms with E-state index >= 15 is 0 Å². The number of H-pyrrole nitrogens is 2. The van der Waals surface area contributed by atoms with Crippen LogP contribution in [0, 0.1) is 6.92 Å². The highest BCUT2D eigenvalue weighted by Crippen LogP contribution is 2.26. The summed E-state index contributed by atoms with van der Waals surface area (Å²) in [7, 11) is 0. The molecule has 0 aliphatic heterocycles. The number of aryl methyl sites for hydroxylation is 1. The molecule has 0 aliphatic rings. The molecular formula is C13H15N3O2. The van der Waals surface area contributed by atoms with Gasteiger partial charge in [0.1, 0.15) is 0 Å². The van der Waals surface area contributed by atoms with E-state index in [0.29, 0.717) is 5.56 Å². The summed E-state index contributed by atoms with van der Waals surface area (Å²) in [6.07, 6.45) is 0.117. The Kier molecular flexibility index (Phi) is 3.32. The Balaban J connectivity index is 2.50. The molecule has 2 rings (SSSR count). The third-order valence-corrected chi connectivity index (χ3v) is 2.97. The summed E-state index contributed by atoms with van der Waals surface area (Å²) in [5.74, 6) is -0.734. The van der Waals surface area contributed by atoms with Crippen molar-refractivity contribution in [2.24, 2.45) is 5.73 Å². The molecule has 2 aromatic rings. The van der Waals surface area contributed by atoms with Crippen LogP contribution in [-0.4, -0.2) is 16.1 Å². The number of amides is 1. The van der Waals surface area contributed by atoms with Gasteiger partial charge in [0.2, 0.25) is 5.91 Å². The van der Waals surface area contributed by atoms with E-state index < -0.39 is 5.91 Å². The van der Waals surface area contributed by atoms with Gasteiger partial charge in [0, 0.05) is 23.6 Å². The average Bonchev–Trinajstić information content (AvgIpc) is 2.67. The molecule has 1 heterocycles. The van der Waals surface area contributed by atoms with Gasteiger partial charge >= 0.3 is 0 Å². The van der Waals surface area contributed by atoms with Crippen LogP contribution >= 0.6 is 0 Å². The lowest BCUT2D eigenvalue weighted by Gasteiger charge is -2.14. The third kappa shape index (κ3) is 2.34. The highest BCUT2D eigenvalue weighted by atomic mass is 16.1. The van der Waals surface area contributed by atoms with Crippen LogP contribution in [0.3, 0.4) is 0 Å². The molecule has 94 valence electrons. The fourth-order valence-corrected chi connectivity index (χ4v) is 2.15. The first-order chi connectivity index (χ1) is 8.59. The zero-order chi connectivity index (χ0) is 13.1. The van der Waals surface area contributed by atoms with E-state index in [2.05, 4.69) is 10.2 Å². The molecule has 1 aromatic heterocycles. The molecule has 4 N–H and O–H groups in total. The minimum absolute atomic E-state index is 0.117. The smallest absolute Gasteiger partial charge is 0.267 e. The Morgan fingerprint density at radius 2 is 1.94 bits per heavy atom. The minimum atomic E-state index is -0.427. The van der Waals surface area contributed by atoms with E-state index in [4.69, 9.17) is 5.73 Å². The molecule has 5 nitrogen and oxygen atoms in total. The van der Waals surface area contributed by atoms with E-state index in [9.17, 15) is 9.59 Å². The number of aromatic nitrogens is 2. The highest BCUT2D eigenvalue weighted by molar-refractivity contribution is 5.75. The summed E-state index contributed by atoms with van der Waals surface area (Å²) >= 11 is 0. The second-order valence-electron chi connectivity index (χ2n) is 4.25. The number of hydrogen-bond donors (Lipinski definition) is 3. The minimum Gasteiger partial charge on any atom is -0.370 e. The molecule has 1 unspecified atom stereocenters. The third-order valence-electron chi connectivity index (χ3n) is 2.97. The number of hydrogen-bond acceptors (Lipinski definition) is 2. The summed E-state index contributed by atoms with van der Waals surface area (Å²) in [6, 6.07) is 9.41. The summed E-state index contributed by atoms with van der Waals surface area (Å²) in [6.45, 7) is 1.80. The molecule has 0 radical (unpaired) electrons. The lowest BCUT2D eigenvalue weighted by molar-refractivity contribution is -0.118. The maximum atomic E-state index is 11.8. The van der Waals surface area contributed by atoms with E-state index in [1.165, 1.54) is 0 Å². The van der Waals surface area contributed by atoms with Crippen molar-refractivity contribution in [2.75, 3.05) is 0 Å². The van der Waals surface area contributed by atoms with Crippen molar-refractivity contribution in [3.63, 3.8) is 0 Å². The average molecular weight is 245 g/mol. The number of nitrogens with one attached hydrogen (secondary N) is 2. The molecule has 1 atom stereocenters. The predicted octanol–water partition coefficient (Wildman–Crippen LogP) is 1.02. The Bertz CT molecular complexity index is 598. The van der Waals surface area contributed by atoms with Crippen LogP contribution in [0.1, 0.15) is 29.2 Å². The molecule has 0 spiro atoms. The number of rotatable bonds is 4. The summed E-state index contributed by atoms with van der Waals surface area (Å²) < 4.78 is 0. The fraction of sp³-hybridized carbons (Fsp3) is 0.231. The molecular weight excluding hydrogens is 230 g/mol. The zero-order valence-electron chi connectivity index (χ0n) is 10.1. The van der Waals surface area contributed by atoms with E-state index in [0.717, 1.165) is 11.3 Å². The first-order valence-corrected chi connectivity index (χ1v) is 5.70. The summed E-state index contributed by atoms with van der Waals surface area (Å²) in [4.78, 5) is 23.0. The zero-order valence-corrected chi connectivity index (χ0v) is 10.1. The molecule has 18 heavy (non-hydrogen) atoms. The van der Waals surface area contributed by atoms with Crippen molar-refractivity contribution in [1.82, 2.24) is 10.2 Å². The Hall–Kier alpha value is -2.30. The van der Waals surface area contributed by atoms with Crippen LogP contribution in [0.5, 0.6) is 0 Å². The van der Waals surface area contributed by atoms with Crippen molar-refractivity contribution in [2.45, 2.75) is 19.3 Å². The lowest BCUT2D eigenvalue weighted by atomic mass is 9.88. The van der Waals surface area contributed by atoms with Gasteiger partial charge in [-0.25, -0.2) is 0 Å². The maximum Gasteiger partial charge on any atom is 0.267 e. The molecule has 1 amide bonds. The number of nitrogens with two attached hydrogens (primary N) is 1. The fourth-order valence-electron chi connectivity index (χ4n) is 2.15. The van der Waals surface area contributed by atoms with Gasteiger partial charge in [-0.2, -0.15) is 0 Å². The Morgan fingerprint density at radius 1 is 1.28 bits per heavy atom. The number of carbonyl (C=O) groups is 1. The van der Waals surface area contributed by atoms with Gasteiger partial charge < -0.3 is 10.8 Å². The highest BCUT2D eigenvalue weighted by Gasteiger charge is 2.22. The lowest BCUT2D eigenvalue weighted by Crippen LogP contribution is -2.20. The first-order valence-electron chi connectivity index (χ1n) is 5.70. The number of carbonyl (C=O) groups excluding carboxylic acids is 1. The molecule has 0 aliphatic carbocycles. The van der Waals surface area contributed by atoms with Gasteiger partial charge in [-0.1, -0.05) is 30.3 Å². The van der Waals surface area contributed by atoms with Gasteiger partial charge in [0.15, 0.2) is 0 Å². The van der Waals surface area contributed by atoms with Crippen LogP contribution in [-0.2, 0) is 4.79 Å². The molecule has 0 fully saturated rings. The second kappa shape index (κ2) is 4.91. The molecule has 5 heteroatoms.